The molecule has 0 fully saturated rings. The normalized spacial score (nSPS) is 13.1. The first-order valence-corrected chi connectivity index (χ1v) is 5.65. The van der Waals surface area contributed by atoms with Crippen molar-refractivity contribution in [3.63, 3.8) is 0 Å². The summed E-state index contributed by atoms with van der Waals surface area (Å²) in [6.07, 6.45) is -0.321. The molecule has 0 spiro atoms. The van der Waals surface area contributed by atoms with Gasteiger partial charge in [0.2, 0.25) is 0 Å². The fourth-order valence-electron chi connectivity index (χ4n) is 1.66. The van der Waals surface area contributed by atoms with Crippen molar-refractivity contribution in [1.29, 1.82) is 0 Å². The van der Waals surface area contributed by atoms with E-state index in [4.69, 9.17) is 21.1 Å². The Kier molecular flexibility index (Phi) is 5.77. The molecule has 0 radical (unpaired) electrons. The van der Waals surface area contributed by atoms with Gasteiger partial charge in [-0.15, -0.1) is 0 Å². The average molecular weight is 244 g/mol. The fraction of sp³-hybridized carbons (Fsp3) is 0.500. The van der Waals surface area contributed by atoms with Crippen LogP contribution in [-0.4, -0.2) is 27.1 Å². The smallest absolute Gasteiger partial charge is 0.176 e. The lowest BCUT2D eigenvalue weighted by Crippen LogP contribution is -2.34. The van der Waals surface area contributed by atoms with Gasteiger partial charge < -0.3 is 14.8 Å². The van der Waals surface area contributed by atoms with E-state index in [9.17, 15) is 0 Å². The lowest BCUT2D eigenvalue weighted by molar-refractivity contribution is -0.123. The Balaban J connectivity index is 2.91. The lowest BCUT2D eigenvalue weighted by Gasteiger charge is -2.25. The highest BCUT2D eigenvalue weighted by atomic mass is 35.5. The summed E-state index contributed by atoms with van der Waals surface area (Å²) >= 11 is 5.97. The molecule has 1 aromatic carbocycles. The number of hydrogen-bond donors (Lipinski definition) is 1. The van der Waals surface area contributed by atoms with Crippen LogP contribution in [-0.2, 0) is 9.47 Å². The molecule has 1 atom stereocenters. The van der Waals surface area contributed by atoms with E-state index in [1.807, 2.05) is 31.2 Å². The van der Waals surface area contributed by atoms with Gasteiger partial charge in [-0.2, -0.15) is 0 Å². The highest BCUT2D eigenvalue weighted by molar-refractivity contribution is 6.30. The molecular formula is C12H18ClNO2. The van der Waals surface area contributed by atoms with Gasteiger partial charge in [-0.1, -0.05) is 30.7 Å². The Morgan fingerprint density at radius 3 is 2.50 bits per heavy atom. The van der Waals surface area contributed by atoms with Crippen LogP contribution in [0, 0.1) is 0 Å². The van der Waals surface area contributed by atoms with Crippen LogP contribution in [0.4, 0.5) is 0 Å². The van der Waals surface area contributed by atoms with Gasteiger partial charge in [-0.25, -0.2) is 0 Å². The van der Waals surface area contributed by atoms with E-state index in [1.54, 1.807) is 14.2 Å². The first kappa shape index (κ1) is 13.5. The summed E-state index contributed by atoms with van der Waals surface area (Å²) in [6, 6.07) is 7.68. The maximum Gasteiger partial charge on any atom is 0.176 e. The predicted octanol–water partition coefficient (Wildman–Crippen LogP) is 2.61. The van der Waals surface area contributed by atoms with Gasteiger partial charge >= 0.3 is 0 Å². The molecule has 1 N–H and O–H groups in total. The third-order valence-corrected chi connectivity index (χ3v) is 2.60. The molecule has 1 aromatic rings. The molecule has 0 aliphatic carbocycles. The summed E-state index contributed by atoms with van der Waals surface area (Å²) in [5.74, 6) is 0. The highest BCUT2D eigenvalue weighted by Gasteiger charge is 2.21. The van der Waals surface area contributed by atoms with Crippen LogP contribution in [0.3, 0.4) is 0 Å². The molecule has 16 heavy (non-hydrogen) atoms. The van der Waals surface area contributed by atoms with Crippen LogP contribution in [0.25, 0.3) is 0 Å². The molecule has 0 saturated carbocycles. The molecule has 0 saturated heterocycles. The van der Waals surface area contributed by atoms with Crippen molar-refractivity contribution in [2.24, 2.45) is 0 Å². The second kappa shape index (κ2) is 6.86. The van der Waals surface area contributed by atoms with Crippen molar-refractivity contribution in [3.05, 3.63) is 34.9 Å². The summed E-state index contributed by atoms with van der Waals surface area (Å²) in [6.45, 7) is 2.88. The fourth-order valence-corrected chi connectivity index (χ4v) is 1.86. The van der Waals surface area contributed by atoms with E-state index in [0.717, 1.165) is 12.1 Å². The Morgan fingerprint density at radius 2 is 2.00 bits per heavy atom. The molecule has 4 heteroatoms. The lowest BCUT2D eigenvalue weighted by atomic mass is 10.1. The van der Waals surface area contributed by atoms with E-state index in [2.05, 4.69) is 5.32 Å². The Morgan fingerprint density at radius 1 is 1.31 bits per heavy atom. The van der Waals surface area contributed by atoms with Crippen molar-refractivity contribution >= 4 is 11.6 Å². The zero-order valence-electron chi connectivity index (χ0n) is 9.87. The van der Waals surface area contributed by atoms with Crippen molar-refractivity contribution in [2.75, 3.05) is 20.8 Å². The van der Waals surface area contributed by atoms with Crippen molar-refractivity contribution in [2.45, 2.75) is 19.3 Å². The number of methoxy groups -OCH3 is 2. The highest BCUT2D eigenvalue weighted by Crippen LogP contribution is 2.22. The van der Waals surface area contributed by atoms with Crippen molar-refractivity contribution in [3.8, 4) is 0 Å². The molecule has 0 aromatic heterocycles. The number of hydrogen-bond acceptors (Lipinski definition) is 3. The topological polar surface area (TPSA) is 30.5 Å². The molecule has 0 aliphatic rings. The summed E-state index contributed by atoms with van der Waals surface area (Å²) in [7, 11) is 3.26. The van der Waals surface area contributed by atoms with Crippen LogP contribution in [0.5, 0.6) is 0 Å². The zero-order chi connectivity index (χ0) is 12.0. The molecule has 90 valence electrons. The first-order valence-electron chi connectivity index (χ1n) is 5.27. The van der Waals surface area contributed by atoms with Crippen LogP contribution < -0.4 is 5.32 Å². The number of likely N-dealkylation sites (N-methyl/N-ethyl adjacent to an activating group) is 1. The minimum atomic E-state index is -0.321. The van der Waals surface area contributed by atoms with Gasteiger partial charge in [0.1, 0.15) is 0 Å². The number of halogens is 1. The second-order valence-corrected chi connectivity index (χ2v) is 3.87. The number of ether oxygens (including phenoxy) is 2. The molecule has 0 amide bonds. The summed E-state index contributed by atoms with van der Waals surface area (Å²) in [4.78, 5) is 0. The summed E-state index contributed by atoms with van der Waals surface area (Å²) in [5.41, 5.74) is 1.06. The number of nitrogens with one attached hydrogen (secondary N) is 1. The van der Waals surface area contributed by atoms with E-state index >= 15 is 0 Å². The first-order chi connectivity index (χ1) is 7.72. The third-order valence-electron chi connectivity index (χ3n) is 2.37. The Bertz CT molecular complexity index is 316. The van der Waals surface area contributed by atoms with E-state index in [0.29, 0.717) is 5.02 Å². The standard InChI is InChI=1S/C12H18ClNO2/c1-4-14-11(12(15-2)16-3)9-6-5-7-10(13)8-9/h5-8,11-12,14H,4H2,1-3H3. The number of rotatable bonds is 6. The molecular weight excluding hydrogens is 226 g/mol. The predicted molar refractivity (Wildman–Crippen MR) is 65.7 cm³/mol. The molecule has 0 heterocycles. The van der Waals surface area contributed by atoms with Gasteiger partial charge in [-0.3, -0.25) is 0 Å². The van der Waals surface area contributed by atoms with Gasteiger partial charge in [0.25, 0.3) is 0 Å². The van der Waals surface area contributed by atoms with Gasteiger partial charge in [0.05, 0.1) is 6.04 Å². The quantitative estimate of drug-likeness (QED) is 0.780. The second-order valence-electron chi connectivity index (χ2n) is 3.43. The third kappa shape index (κ3) is 3.46. The zero-order valence-corrected chi connectivity index (χ0v) is 10.6. The average Bonchev–Trinajstić information content (AvgIpc) is 2.29. The molecule has 0 bridgehead atoms. The van der Waals surface area contributed by atoms with Crippen LogP contribution in [0.15, 0.2) is 24.3 Å². The molecule has 0 aliphatic heterocycles. The largest absolute Gasteiger partial charge is 0.354 e. The van der Waals surface area contributed by atoms with Gasteiger partial charge in [0, 0.05) is 19.2 Å². The van der Waals surface area contributed by atoms with Crippen LogP contribution in [0.1, 0.15) is 18.5 Å². The van der Waals surface area contributed by atoms with E-state index in [1.165, 1.54) is 0 Å². The molecule has 3 nitrogen and oxygen atoms in total. The molecule has 1 rings (SSSR count). The Hall–Kier alpha value is -0.610. The molecule has 1 unspecified atom stereocenters. The minimum absolute atomic E-state index is 0.0151. The van der Waals surface area contributed by atoms with Gasteiger partial charge in [-0.05, 0) is 24.2 Å². The maximum absolute atomic E-state index is 5.97. The number of benzene rings is 1. The summed E-state index contributed by atoms with van der Waals surface area (Å²) < 4.78 is 10.6. The maximum atomic E-state index is 5.97. The monoisotopic (exact) mass is 243 g/mol. The van der Waals surface area contributed by atoms with E-state index in [-0.39, 0.29) is 12.3 Å². The Labute approximate surface area is 102 Å². The van der Waals surface area contributed by atoms with Crippen molar-refractivity contribution < 1.29 is 9.47 Å². The minimum Gasteiger partial charge on any atom is -0.354 e. The van der Waals surface area contributed by atoms with Crippen LogP contribution in [0.2, 0.25) is 5.02 Å². The van der Waals surface area contributed by atoms with E-state index < -0.39 is 0 Å². The van der Waals surface area contributed by atoms with Crippen molar-refractivity contribution in [1.82, 2.24) is 5.32 Å². The SMILES string of the molecule is CCNC(c1cccc(Cl)c1)C(OC)OC. The summed E-state index contributed by atoms with van der Waals surface area (Å²) in [5, 5.41) is 4.03. The van der Waals surface area contributed by atoms with Crippen LogP contribution >= 0.6 is 11.6 Å². The van der Waals surface area contributed by atoms with Gasteiger partial charge in [0.15, 0.2) is 6.29 Å².